The van der Waals surface area contributed by atoms with Gasteiger partial charge in [-0.15, -0.1) is 0 Å². The van der Waals surface area contributed by atoms with E-state index in [-0.39, 0.29) is 5.56 Å². The van der Waals surface area contributed by atoms with Crippen LogP contribution in [0.2, 0.25) is 0 Å². The van der Waals surface area contributed by atoms with E-state index in [1.54, 1.807) is 10.9 Å². The van der Waals surface area contributed by atoms with Gasteiger partial charge in [-0.1, -0.05) is 27.2 Å². The van der Waals surface area contributed by atoms with Crippen LogP contribution in [0.4, 0.5) is 0 Å². The number of benzene rings is 1. The van der Waals surface area contributed by atoms with Crippen molar-refractivity contribution in [3.05, 3.63) is 34.9 Å². The second kappa shape index (κ2) is 18.3. The molecule has 1 aromatic carbocycles. The van der Waals surface area contributed by atoms with Crippen molar-refractivity contribution < 1.29 is 44.3 Å². The van der Waals surface area contributed by atoms with Crippen LogP contribution in [0.1, 0.15) is 46.5 Å². The molecule has 0 saturated heterocycles. The molecule has 0 unspecified atom stereocenters. The highest BCUT2D eigenvalue weighted by Crippen LogP contribution is 2.17. The number of unbranched alkanes of at least 4 members (excludes halogenated alkanes) is 2. The molecule has 37 heavy (non-hydrogen) atoms. The van der Waals surface area contributed by atoms with Gasteiger partial charge in [0.15, 0.2) is 0 Å². The molecule has 0 radical (unpaired) electrons. The van der Waals surface area contributed by atoms with Gasteiger partial charge in [-0.3, -0.25) is 9.36 Å². The summed E-state index contributed by atoms with van der Waals surface area (Å²) in [6, 6.07) is 5.56. The van der Waals surface area contributed by atoms with Crippen LogP contribution in [-0.2, 0) is 25.7 Å². The Bertz CT molecular complexity index is 1030. The molecule has 206 valence electrons. The van der Waals surface area contributed by atoms with Crippen LogP contribution in [0.5, 0.6) is 5.75 Å². The van der Waals surface area contributed by atoms with Gasteiger partial charge in [0.1, 0.15) is 5.75 Å². The third kappa shape index (κ3) is 13.6. The normalized spacial score (nSPS) is 10.1. The first kappa shape index (κ1) is 33.0. The van der Waals surface area contributed by atoms with Crippen molar-refractivity contribution in [3.8, 4) is 5.75 Å². The Hall–Kier alpha value is -4.00. The summed E-state index contributed by atoms with van der Waals surface area (Å²) in [5.41, 5.74) is 0.742. The van der Waals surface area contributed by atoms with E-state index in [9.17, 15) is 4.79 Å². The van der Waals surface area contributed by atoms with Crippen molar-refractivity contribution in [2.75, 3.05) is 26.2 Å². The van der Waals surface area contributed by atoms with Gasteiger partial charge in [0.05, 0.1) is 23.8 Å². The second-order valence-electron chi connectivity index (χ2n) is 7.58. The zero-order chi connectivity index (χ0) is 28.4. The van der Waals surface area contributed by atoms with Gasteiger partial charge < -0.3 is 30.1 Å². The van der Waals surface area contributed by atoms with E-state index >= 15 is 0 Å². The first-order valence-electron chi connectivity index (χ1n) is 11.7. The lowest BCUT2D eigenvalue weighted by molar-refractivity contribution is -0.159. The fourth-order valence-corrected chi connectivity index (χ4v) is 2.88. The summed E-state index contributed by atoms with van der Waals surface area (Å²) >= 11 is 0. The van der Waals surface area contributed by atoms with Crippen molar-refractivity contribution in [1.29, 1.82) is 0 Å². The molecule has 0 spiro atoms. The van der Waals surface area contributed by atoms with E-state index < -0.39 is 23.9 Å². The zero-order valence-corrected chi connectivity index (χ0v) is 21.3. The van der Waals surface area contributed by atoms with Crippen LogP contribution in [-0.4, -0.2) is 85.0 Å². The molecule has 0 fully saturated rings. The second-order valence-corrected chi connectivity index (χ2v) is 7.58. The molecule has 0 bridgehead atoms. The molecule has 4 N–H and O–H groups in total. The van der Waals surface area contributed by atoms with Crippen molar-refractivity contribution in [2.24, 2.45) is 0 Å². The minimum Gasteiger partial charge on any atom is -0.494 e. The fourth-order valence-electron chi connectivity index (χ4n) is 2.88. The molecule has 2 aromatic rings. The molecule has 0 amide bonds. The molecular formula is C24H35N3O10. The molecule has 0 saturated carbocycles. The van der Waals surface area contributed by atoms with Crippen molar-refractivity contribution >= 4 is 34.8 Å². The Morgan fingerprint density at radius 1 is 0.892 bits per heavy atom. The van der Waals surface area contributed by atoms with Crippen LogP contribution in [0.25, 0.3) is 10.9 Å². The number of hydrogen-bond donors (Lipinski definition) is 4. The Labute approximate surface area is 213 Å². The maximum atomic E-state index is 12.6. The van der Waals surface area contributed by atoms with Gasteiger partial charge >= 0.3 is 23.9 Å². The number of aromatic nitrogens is 2. The van der Waals surface area contributed by atoms with E-state index in [0.717, 1.165) is 57.6 Å². The Morgan fingerprint density at radius 3 is 1.95 bits per heavy atom. The first-order chi connectivity index (χ1) is 17.5. The van der Waals surface area contributed by atoms with Crippen molar-refractivity contribution in [1.82, 2.24) is 14.5 Å². The summed E-state index contributed by atoms with van der Waals surface area (Å²) in [4.78, 5) is 55.9. The number of fused-ring (bicyclic) bond motifs is 1. The van der Waals surface area contributed by atoms with Gasteiger partial charge in [0.25, 0.3) is 5.56 Å². The monoisotopic (exact) mass is 525 g/mol. The van der Waals surface area contributed by atoms with Gasteiger partial charge in [0, 0.05) is 12.6 Å². The van der Waals surface area contributed by atoms with Crippen LogP contribution in [0, 0.1) is 0 Å². The minimum atomic E-state index is -1.82. The number of carboxylic acids is 4. The van der Waals surface area contributed by atoms with Gasteiger partial charge in [0.2, 0.25) is 0 Å². The molecule has 1 aromatic heterocycles. The molecule has 13 heteroatoms. The third-order valence-electron chi connectivity index (χ3n) is 4.95. The summed E-state index contributed by atoms with van der Waals surface area (Å²) in [5.74, 6) is -6.51. The lowest BCUT2D eigenvalue weighted by Crippen LogP contribution is -2.25. The predicted molar refractivity (Wildman–Crippen MR) is 134 cm³/mol. The lowest BCUT2D eigenvalue weighted by atomic mass is 10.2. The molecule has 0 aliphatic heterocycles. The zero-order valence-electron chi connectivity index (χ0n) is 21.3. The largest absolute Gasteiger partial charge is 0.494 e. The van der Waals surface area contributed by atoms with E-state index in [1.165, 1.54) is 0 Å². The molecular weight excluding hydrogens is 490 g/mol. The Kier molecular flexibility index (Phi) is 16.3. The number of carboxylic acid groups (broad SMARTS) is 4. The highest BCUT2D eigenvalue weighted by Gasteiger charge is 2.07. The lowest BCUT2D eigenvalue weighted by Gasteiger charge is -2.17. The number of carbonyl (C=O) groups is 4. The van der Waals surface area contributed by atoms with Gasteiger partial charge in [-0.05, 0) is 51.0 Å². The maximum absolute atomic E-state index is 12.6. The van der Waals surface area contributed by atoms with Crippen molar-refractivity contribution in [3.63, 3.8) is 0 Å². The van der Waals surface area contributed by atoms with Gasteiger partial charge in [-0.2, -0.15) is 0 Å². The van der Waals surface area contributed by atoms with E-state index in [1.807, 2.05) is 18.2 Å². The third-order valence-corrected chi connectivity index (χ3v) is 4.95. The molecule has 0 aliphatic rings. The number of nitrogens with zero attached hydrogens (tertiary/aromatic N) is 3. The summed E-state index contributed by atoms with van der Waals surface area (Å²) in [6.07, 6.45) is 5.88. The number of hydrogen-bond acceptors (Lipinski definition) is 8. The minimum absolute atomic E-state index is 0.0351. The number of aryl methyl sites for hydroxylation is 1. The summed E-state index contributed by atoms with van der Waals surface area (Å²) in [5, 5.41) is 30.2. The van der Waals surface area contributed by atoms with E-state index in [2.05, 4.69) is 30.7 Å². The van der Waals surface area contributed by atoms with E-state index in [0.29, 0.717) is 17.5 Å². The highest BCUT2D eigenvalue weighted by molar-refractivity contribution is 6.27. The predicted octanol–water partition coefficient (Wildman–Crippen LogP) is 2.01. The smallest absolute Gasteiger partial charge is 0.414 e. The molecule has 0 atom stereocenters. The summed E-state index contributed by atoms with van der Waals surface area (Å²) in [7, 11) is 0. The average molecular weight is 526 g/mol. The Morgan fingerprint density at radius 2 is 1.46 bits per heavy atom. The molecule has 2 rings (SSSR count). The fraction of sp³-hybridized carbons (Fsp3) is 0.500. The standard InChI is InChI=1S/C20H31N3O2.2C2H2O4/c1-4-7-14-25-17-10-11-18-19(15-17)21-16-23(20(18)24)13-9-8-12-22(5-2)6-3;2*3-1(4)2(5)6/h10-11,15-16H,4-9,12-14H2,1-3H3;2*(H,3,4)(H,5,6). The number of aliphatic carboxylic acids is 4. The quantitative estimate of drug-likeness (QED) is 0.246. The highest BCUT2D eigenvalue weighted by atomic mass is 16.5. The number of ether oxygens (including phenoxy) is 1. The maximum Gasteiger partial charge on any atom is 0.414 e. The summed E-state index contributed by atoms with van der Waals surface area (Å²) in [6.45, 7) is 11.2. The number of rotatable bonds is 11. The van der Waals surface area contributed by atoms with Crippen LogP contribution < -0.4 is 10.3 Å². The van der Waals surface area contributed by atoms with E-state index in [4.69, 9.17) is 44.3 Å². The van der Waals surface area contributed by atoms with Crippen LogP contribution in [0.3, 0.4) is 0 Å². The average Bonchev–Trinajstić information content (AvgIpc) is 2.86. The topological polar surface area (TPSA) is 197 Å². The van der Waals surface area contributed by atoms with Crippen molar-refractivity contribution in [2.45, 2.75) is 53.0 Å². The first-order valence-corrected chi connectivity index (χ1v) is 11.7. The molecule has 13 nitrogen and oxygen atoms in total. The van der Waals surface area contributed by atoms with Gasteiger partial charge in [-0.25, -0.2) is 24.2 Å². The molecule has 1 heterocycles. The molecule has 0 aliphatic carbocycles. The summed E-state index contributed by atoms with van der Waals surface area (Å²) < 4.78 is 7.42. The Balaban J connectivity index is 0.000000896. The SMILES string of the molecule is CCCCOc1ccc2c(=O)n(CCCCN(CC)CC)cnc2c1.O=C(O)C(=O)O.O=C(O)C(=O)O. The van der Waals surface area contributed by atoms with Crippen LogP contribution in [0.15, 0.2) is 29.3 Å². The van der Waals surface area contributed by atoms with Crippen LogP contribution >= 0.6 is 0 Å².